The third-order valence-corrected chi connectivity index (χ3v) is 4.10. The van der Waals surface area contributed by atoms with Gasteiger partial charge in [-0.05, 0) is 52.8 Å². The first-order valence-electron chi connectivity index (χ1n) is 6.55. The van der Waals surface area contributed by atoms with Crippen molar-refractivity contribution in [2.75, 3.05) is 0 Å². The molecule has 1 unspecified atom stereocenters. The molecule has 0 N–H and O–H groups in total. The molecule has 0 spiro atoms. The molecular formula is C17H15ClO. The van der Waals surface area contributed by atoms with E-state index in [9.17, 15) is 4.79 Å². The van der Waals surface area contributed by atoms with Crippen molar-refractivity contribution in [3.63, 3.8) is 0 Å². The van der Waals surface area contributed by atoms with Gasteiger partial charge in [0.15, 0.2) is 0 Å². The minimum absolute atomic E-state index is 0.251. The van der Waals surface area contributed by atoms with Crippen molar-refractivity contribution >= 4 is 16.8 Å². The van der Waals surface area contributed by atoms with Crippen LogP contribution in [0.2, 0.25) is 0 Å². The van der Waals surface area contributed by atoms with E-state index in [0.29, 0.717) is 12.3 Å². The minimum atomic E-state index is -0.251. The Labute approximate surface area is 118 Å². The van der Waals surface area contributed by atoms with Gasteiger partial charge in [-0.2, -0.15) is 0 Å². The van der Waals surface area contributed by atoms with Crippen molar-refractivity contribution in [3.05, 3.63) is 59.2 Å². The highest BCUT2D eigenvalue weighted by atomic mass is 35.5. The van der Waals surface area contributed by atoms with Crippen LogP contribution in [0.15, 0.2) is 42.5 Å². The number of carbonyl (C=O) groups is 1. The van der Waals surface area contributed by atoms with Crippen LogP contribution in [0.5, 0.6) is 0 Å². The lowest BCUT2D eigenvalue weighted by molar-refractivity contribution is -0.111. The molecule has 1 nitrogen and oxygen atoms in total. The molecule has 0 bridgehead atoms. The van der Waals surface area contributed by atoms with Crippen molar-refractivity contribution in [3.8, 4) is 11.1 Å². The topological polar surface area (TPSA) is 17.1 Å². The second-order valence-electron chi connectivity index (χ2n) is 5.07. The van der Waals surface area contributed by atoms with Crippen LogP contribution >= 0.6 is 11.6 Å². The molecule has 3 rings (SSSR count). The highest BCUT2D eigenvalue weighted by Gasteiger charge is 2.29. The van der Waals surface area contributed by atoms with Gasteiger partial charge in [-0.25, -0.2) is 0 Å². The lowest BCUT2D eigenvalue weighted by Gasteiger charge is -2.12. The molecule has 0 aromatic heterocycles. The van der Waals surface area contributed by atoms with Gasteiger partial charge in [-0.1, -0.05) is 42.5 Å². The SMILES string of the molecule is Cc1cccc2c1-c1ccccc1C2CCC(=O)Cl. The fourth-order valence-electron chi connectivity index (χ4n) is 3.11. The first kappa shape index (κ1) is 12.4. The Morgan fingerprint density at radius 2 is 1.84 bits per heavy atom. The highest BCUT2D eigenvalue weighted by Crippen LogP contribution is 2.47. The summed E-state index contributed by atoms with van der Waals surface area (Å²) < 4.78 is 0. The summed E-state index contributed by atoms with van der Waals surface area (Å²) in [6.45, 7) is 2.14. The molecule has 0 fully saturated rings. The second kappa shape index (κ2) is 4.82. The lowest BCUT2D eigenvalue weighted by atomic mass is 9.92. The van der Waals surface area contributed by atoms with Gasteiger partial charge in [-0.15, -0.1) is 0 Å². The standard InChI is InChI=1S/C17H15ClO/c1-11-5-4-8-15-13(9-10-16(18)19)12-6-2-3-7-14(12)17(11)15/h2-8,13H,9-10H2,1H3. The van der Waals surface area contributed by atoms with E-state index in [1.807, 2.05) is 0 Å². The average Bonchev–Trinajstić information content (AvgIpc) is 2.71. The molecule has 1 aliphatic carbocycles. The van der Waals surface area contributed by atoms with Crippen molar-refractivity contribution in [1.29, 1.82) is 0 Å². The zero-order chi connectivity index (χ0) is 13.4. The monoisotopic (exact) mass is 270 g/mol. The Balaban J connectivity index is 2.12. The zero-order valence-corrected chi connectivity index (χ0v) is 11.6. The van der Waals surface area contributed by atoms with E-state index >= 15 is 0 Å². The normalized spacial score (nSPS) is 16.0. The molecule has 0 amide bonds. The van der Waals surface area contributed by atoms with Crippen molar-refractivity contribution in [1.82, 2.24) is 0 Å². The molecule has 96 valence electrons. The Morgan fingerprint density at radius 3 is 2.63 bits per heavy atom. The van der Waals surface area contributed by atoms with Gasteiger partial charge in [0.1, 0.15) is 0 Å². The summed E-state index contributed by atoms with van der Waals surface area (Å²) in [5.74, 6) is 0.300. The first-order valence-corrected chi connectivity index (χ1v) is 6.93. The number of benzene rings is 2. The molecule has 1 aliphatic rings. The van der Waals surface area contributed by atoms with E-state index in [1.165, 1.54) is 27.8 Å². The minimum Gasteiger partial charge on any atom is -0.281 e. The molecule has 2 heteroatoms. The van der Waals surface area contributed by atoms with Crippen molar-refractivity contribution in [2.45, 2.75) is 25.7 Å². The van der Waals surface area contributed by atoms with Crippen LogP contribution < -0.4 is 0 Å². The molecule has 19 heavy (non-hydrogen) atoms. The summed E-state index contributed by atoms with van der Waals surface area (Å²) in [5.41, 5.74) is 6.60. The van der Waals surface area contributed by atoms with Gasteiger partial charge < -0.3 is 0 Å². The van der Waals surface area contributed by atoms with Crippen LogP contribution in [0.1, 0.15) is 35.4 Å². The maximum atomic E-state index is 11.1. The van der Waals surface area contributed by atoms with Crippen LogP contribution in [0.3, 0.4) is 0 Å². The molecule has 0 radical (unpaired) electrons. The lowest BCUT2D eigenvalue weighted by Crippen LogP contribution is -1.99. The number of halogens is 1. The van der Waals surface area contributed by atoms with E-state index < -0.39 is 0 Å². The van der Waals surface area contributed by atoms with Gasteiger partial charge in [0.05, 0.1) is 0 Å². The number of fused-ring (bicyclic) bond motifs is 3. The molecule has 0 saturated heterocycles. The predicted molar refractivity (Wildman–Crippen MR) is 78.6 cm³/mol. The largest absolute Gasteiger partial charge is 0.281 e. The van der Waals surface area contributed by atoms with E-state index in [-0.39, 0.29) is 5.24 Å². The molecule has 0 aliphatic heterocycles. The third-order valence-electron chi connectivity index (χ3n) is 3.92. The summed E-state index contributed by atoms with van der Waals surface area (Å²) in [4.78, 5) is 11.1. The van der Waals surface area contributed by atoms with Crippen LogP contribution in [0.4, 0.5) is 0 Å². The molecule has 0 saturated carbocycles. The number of aryl methyl sites for hydroxylation is 1. The van der Waals surface area contributed by atoms with Gasteiger partial charge in [0.2, 0.25) is 5.24 Å². The summed E-state index contributed by atoms with van der Waals surface area (Å²) >= 11 is 5.50. The molecule has 1 atom stereocenters. The fraction of sp³-hybridized carbons (Fsp3) is 0.235. The summed E-state index contributed by atoms with van der Waals surface area (Å²) in [5, 5.41) is -0.251. The molecule has 0 heterocycles. The van der Waals surface area contributed by atoms with Crippen LogP contribution in [0, 0.1) is 6.92 Å². The average molecular weight is 271 g/mol. The Bertz CT molecular complexity index is 645. The smallest absolute Gasteiger partial charge is 0.221 e. The first-order chi connectivity index (χ1) is 9.18. The third kappa shape index (κ3) is 2.08. The Kier molecular flexibility index (Phi) is 3.16. The quantitative estimate of drug-likeness (QED) is 0.742. The van der Waals surface area contributed by atoms with Gasteiger partial charge in [-0.3, -0.25) is 4.79 Å². The molecule has 2 aromatic carbocycles. The fourth-order valence-corrected chi connectivity index (χ4v) is 3.22. The van der Waals surface area contributed by atoms with Crippen molar-refractivity contribution < 1.29 is 4.79 Å². The Morgan fingerprint density at radius 1 is 1.11 bits per heavy atom. The van der Waals surface area contributed by atoms with E-state index in [1.54, 1.807) is 0 Å². The van der Waals surface area contributed by atoms with E-state index in [2.05, 4.69) is 49.4 Å². The number of carbonyl (C=O) groups excluding carboxylic acids is 1. The Hall–Kier alpha value is -1.60. The van der Waals surface area contributed by atoms with Crippen LogP contribution in [-0.4, -0.2) is 5.24 Å². The summed E-state index contributed by atoms with van der Waals surface area (Å²) in [7, 11) is 0. The van der Waals surface area contributed by atoms with Gasteiger partial charge in [0.25, 0.3) is 0 Å². The molecular weight excluding hydrogens is 256 g/mol. The number of hydrogen-bond donors (Lipinski definition) is 0. The van der Waals surface area contributed by atoms with E-state index in [4.69, 9.17) is 11.6 Å². The van der Waals surface area contributed by atoms with Crippen molar-refractivity contribution in [2.24, 2.45) is 0 Å². The van der Waals surface area contributed by atoms with Gasteiger partial charge in [0, 0.05) is 12.3 Å². The summed E-state index contributed by atoms with van der Waals surface area (Å²) in [6.07, 6.45) is 1.21. The highest BCUT2D eigenvalue weighted by molar-refractivity contribution is 6.63. The molecule has 2 aromatic rings. The zero-order valence-electron chi connectivity index (χ0n) is 10.8. The number of hydrogen-bond acceptors (Lipinski definition) is 1. The van der Waals surface area contributed by atoms with Crippen LogP contribution in [-0.2, 0) is 4.79 Å². The van der Waals surface area contributed by atoms with E-state index in [0.717, 1.165) is 6.42 Å². The van der Waals surface area contributed by atoms with Crippen LogP contribution in [0.25, 0.3) is 11.1 Å². The maximum absolute atomic E-state index is 11.1. The number of rotatable bonds is 3. The predicted octanol–water partition coefficient (Wildman–Crippen LogP) is 4.65. The van der Waals surface area contributed by atoms with Gasteiger partial charge >= 0.3 is 0 Å². The second-order valence-corrected chi connectivity index (χ2v) is 5.49. The summed E-state index contributed by atoms with van der Waals surface area (Å²) in [6, 6.07) is 14.9. The maximum Gasteiger partial charge on any atom is 0.221 e.